The molecule has 0 aliphatic carbocycles. The highest BCUT2D eigenvalue weighted by Crippen LogP contribution is 2.38. The van der Waals surface area contributed by atoms with Gasteiger partial charge >= 0.3 is 0 Å². The van der Waals surface area contributed by atoms with E-state index in [1.807, 2.05) is 36.4 Å². The molecule has 0 saturated carbocycles. The second kappa shape index (κ2) is 7.69. The van der Waals surface area contributed by atoms with Crippen molar-refractivity contribution in [1.29, 1.82) is 0 Å². The van der Waals surface area contributed by atoms with Gasteiger partial charge in [-0.15, -0.1) is 0 Å². The van der Waals surface area contributed by atoms with E-state index in [0.717, 1.165) is 40.7 Å². The summed E-state index contributed by atoms with van der Waals surface area (Å²) >= 11 is 0. The maximum absolute atomic E-state index is 10.0. The smallest absolute Gasteiger partial charge is 0.136 e. The number of aromatic hydroxyl groups is 2. The topological polar surface area (TPSA) is 62.8 Å². The molecule has 0 spiro atoms. The zero-order valence-electron chi connectivity index (χ0n) is 15.7. The molecule has 2 N–H and O–H groups in total. The Morgan fingerprint density at radius 1 is 0.821 bits per heavy atom. The van der Waals surface area contributed by atoms with Crippen LogP contribution in [-0.4, -0.2) is 16.8 Å². The molecule has 4 aromatic rings. The molecule has 3 aromatic carbocycles. The summed E-state index contributed by atoms with van der Waals surface area (Å²) in [5.74, 6) is 1.90. The Hall–Kier alpha value is -3.40. The Labute approximate surface area is 163 Å². The lowest BCUT2D eigenvalue weighted by atomic mass is 9.97. The van der Waals surface area contributed by atoms with Crippen LogP contribution in [0.3, 0.4) is 0 Å². The molecule has 4 heteroatoms. The monoisotopic (exact) mass is 374 g/mol. The van der Waals surface area contributed by atoms with E-state index in [4.69, 9.17) is 9.15 Å². The lowest BCUT2D eigenvalue weighted by molar-refractivity contribution is 0.309. The van der Waals surface area contributed by atoms with Crippen molar-refractivity contribution in [3.8, 4) is 39.7 Å². The fourth-order valence-electron chi connectivity index (χ4n) is 3.21. The number of hydrogen-bond acceptors (Lipinski definition) is 4. The van der Waals surface area contributed by atoms with Crippen molar-refractivity contribution in [2.45, 2.75) is 19.8 Å². The minimum absolute atomic E-state index is 0.191. The Morgan fingerprint density at radius 2 is 1.57 bits per heavy atom. The van der Waals surface area contributed by atoms with Crippen molar-refractivity contribution >= 4 is 11.0 Å². The summed E-state index contributed by atoms with van der Waals surface area (Å²) < 4.78 is 11.7. The van der Waals surface area contributed by atoms with Crippen LogP contribution in [0.4, 0.5) is 0 Å². The molecular weight excluding hydrogens is 352 g/mol. The molecule has 0 atom stereocenters. The van der Waals surface area contributed by atoms with Crippen LogP contribution in [0, 0.1) is 0 Å². The molecule has 0 saturated heterocycles. The largest absolute Gasteiger partial charge is 0.508 e. The fourth-order valence-corrected chi connectivity index (χ4v) is 3.21. The Morgan fingerprint density at radius 3 is 2.36 bits per heavy atom. The van der Waals surface area contributed by atoms with Gasteiger partial charge in [-0.05, 0) is 72.1 Å². The van der Waals surface area contributed by atoms with E-state index >= 15 is 0 Å². The fraction of sp³-hybridized carbons (Fsp3) is 0.167. The number of hydrogen-bond donors (Lipinski definition) is 2. The van der Waals surface area contributed by atoms with Crippen LogP contribution in [0.2, 0.25) is 0 Å². The van der Waals surface area contributed by atoms with Gasteiger partial charge in [-0.2, -0.15) is 0 Å². The molecule has 0 fully saturated rings. The van der Waals surface area contributed by atoms with Crippen molar-refractivity contribution in [2.75, 3.05) is 6.61 Å². The number of furan rings is 1. The van der Waals surface area contributed by atoms with E-state index in [1.165, 1.54) is 0 Å². The van der Waals surface area contributed by atoms with E-state index in [-0.39, 0.29) is 11.5 Å². The zero-order valence-corrected chi connectivity index (χ0v) is 15.7. The van der Waals surface area contributed by atoms with E-state index < -0.39 is 0 Å². The van der Waals surface area contributed by atoms with Crippen LogP contribution in [0.15, 0.2) is 71.1 Å². The van der Waals surface area contributed by atoms with Gasteiger partial charge in [0.05, 0.1) is 6.61 Å². The standard InChI is InChI=1S/C24H22O4/c1-2-3-12-27-20-8-4-16(5-9-20)22-15-19(26)6-10-21(22)24-14-17-13-18(25)7-11-23(17)28-24/h4-11,13-15,25-26H,2-3,12H2,1H3. The molecule has 0 amide bonds. The van der Waals surface area contributed by atoms with Gasteiger partial charge in [0, 0.05) is 10.9 Å². The first-order valence-corrected chi connectivity index (χ1v) is 9.43. The lowest BCUT2D eigenvalue weighted by Gasteiger charge is -2.10. The maximum atomic E-state index is 10.0. The van der Waals surface area contributed by atoms with E-state index in [9.17, 15) is 10.2 Å². The van der Waals surface area contributed by atoms with Crippen molar-refractivity contribution in [1.82, 2.24) is 0 Å². The maximum Gasteiger partial charge on any atom is 0.136 e. The van der Waals surface area contributed by atoms with Gasteiger partial charge in [-0.1, -0.05) is 25.5 Å². The molecular formula is C24H22O4. The average Bonchev–Trinajstić information content (AvgIpc) is 3.11. The van der Waals surface area contributed by atoms with Gasteiger partial charge in [-0.25, -0.2) is 0 Å². The molecule has 0 radical (unpaired) electrons. The summed E-state index contributed by atoms with van der Waals surface area (Å²) in [6, 6.07) is 20.0. The lowest BCUT2D eigenvalue weighted by Crippen LogP contribution is -1.96. The van der Waals surface area contributed by atoms with E-state index in [0.29, 0.717) is 18.0 Å². The number of phenolic OH excluding ortho intramolecular Hbond substituents is 2. The summed E-state index contributed by atoms with van der Waals surface area (Å²) in [5.41, 5.74) is 3.39. The van der Waals surface area contributed by atoms with Gasteiger partial charge in [-0.3, -0.25) is 0 Å². The minimum atomic E-state index is 0.191. The molecule has 142 valence electrons. The minimum Gasteiger partial charge on any atom is -0.508 e. The van der Waals surface area contributed by atoms with Crippen LogP contribution in [0.25, 0.3) is 33.4 Å². The average molecular weight is 374 g/mol. The molecule has 4 nitrogen and oxygen atoms in total. The molecule has 0 aliphatic rings. The second-order valence-electron chi connectivity index (χ2n) is 6.79. The van der Waals surface area contributed by atoms with Crippen molar-refractivity contribution in [2.24, 2.45) is 0 Å². The summed E-state index contributed by atoms with van der Waals surface area (Å²) in [5, 5.41) is 20.6. The number of rotatable bonds is 6. The third-order valence-corrected chi connectivity index (χ3v) is 4.70. The van der Waals surface area contributed by atoms with Gasteiger partial charge in [0.15, 0.2) is 0 Å². The number of fused-ring (bicyclic) bond motifs is 1. The number of benzene rings is 3. The van der Waals surface area contributed by atoms with Crippen LogP contribution in [-0.2, 0) is 0 Å². The number of unbranched alkanes of at least 4 members (excludes halogenated alkanes) is 1. The van der Waals surface area contributed by atoms with Gasteiger partial charge < -0.3 is 19.4 Å². The third-order valence-electron chi connectivity index (χ3n) is 4.70. The highest BCUT2D eigenvalue weighted by atomic mass is 16.5. The highest BCUT2D eigenvalue weighted by Gasteiger charge is 2.13. The van der Waals surface area contributed by atoms with Crippen molar-refractivity contribution < 1.29 is 19.4 Å². The summed E-state index contributed by atoms with van der Waals surface area (Å²) in [7, 11) is 0. The molecule has 0 unspecified atom stereocenters. The molecule has 1 heterocycles. The number of phenols is 2. The Bertz CT molecular complexity index is 1090. The molecule has 0 bridgehead atoms. The Balaban J connectivity index is 1.72. The molecule has 1 aromatic heterocycles. The molecule has 28 heavy (non-hydrogen) atoms. The number of ether oxygens (including phenoxy) is 1. The van der Waals surface area contributed by atoms with Gasteiger partial charge in [0.1, 0.15) is 28.6 Å². The first-order chi connectivity index (χ1) is 13.6. The zero-order chi connectivity index (χ0) is 19.5. The van der Waals surface area contributed by atoms with Gasteiger partial charge in [0.25, 0.3) is 0 Å². The third kappa shape index (κ3) is 3.67. The van der Waals surface area contributed by atoms with Crippen molar-refractivity contribution in [3.63, 3.8) is 0 Å². The highest BCUT2D eigenvalue weighted by molar-refractivity contribution is 5.89. The summed E-state index contributed by atoms with van der Waals surface area (Å²) in [6.07, 6.45) is 2.13. The Kier molecular flexibility index (Phi) is 4.94. The SMILES string of the molecule is CCCCOc1ccc(-c2cc(O)ccc2-c2cc3cc(O)ccc3o2)cc1. The predicted octanol–water partition coefficient (Wildman–Crippen LogP) is 6.36. The van der Waals surface area contributed by atoms with Crippen LogP contribution in [0.5, 0.6) is 17.2 Å². The van der Waals surface area contributed by atoms with Crippen LogP contribution in [0.1, 0.15) is 19.8 Å². The van der Waals surface area contributed by atoms with Gasteiger partial charge in [0.2, 0.25) is 0 Å². The summed E-state index contributed by atoms with van der Waals surface area (Å²) in [6.45, 7) is 2.84. The van der Waals surface area contributed by atoms with Crippen LogP contribution >= 0.6 is 0 Å². The molecule has 0 aliphatic heterocycles. The first kappa shape index (κ1) is 18.0. The van der Waals surface area contributed by atoms with Crippen LogP contribution < -0.4 is 4.74 Å². The summed E-state index contributed by atoms with van der Waals surface area (Å²) in [4.78, 5) is 0. The molecule has 4 rings (SSSR count). The quantitative estimate of drug-likeness (QED) is 0.386. The van der Waals surface area contributed by atoms with Crippen molar-refractivity contribution in [3.05, 3.63) is 66.7 Å². The van der Waals surface area contributed by atoms with E-state index in [1.54, 1.807) is 30.3 Å². The normalized spacial score (nSPS) is 11.0. The second-order valence-corrected chi connectivity index (χ2v) is 6.79. The van der Waals surface area contributed by atoms with E-state index in [2.05, 4.69) is 6.92 Å². The first-order valence-electron chi connectivity index (χ1n) is 9.43. The predicted molar refractivity (Wildman–Crippen MR) is 111 cm³/mol.